The predicted molar refractivity (Wildman–Crippen MR) is 60.5 cm³/mol. The fourth-order valence-electron chi connectivity index (χ4n) is 1.19. The van der Waals surface area contributed by atoms with Crippen LogP contribution in [0, 0.1) is 0 Å². The van der Waals surface area contributed by atoms with E-state index >= 15 is 0 Å². The molecule has 0 spiro atoms. The fraction of sp³-hybridized carbons (Fsp3) is 0.400. The van der Waals surface area contributed by atoms with Gasteiger partial charge in [-0.1, -0.05) is 37.1 Å². The molecule has 1 rings (SSSR count). The Balaban J connectivity index is 0.00000144. The van der Waals surface area contributed by atoms with Crippen LogP contribution >= 0.6 is 24.0 Å². The predicted octanol–water partition coefficient (Wildman–Crippen LogP) is 3.56. The van der Waals surface area contributed by atoms with Crippen molar-refractivity contribution < 1.29 is 0 Å². The summed E-state index contributed by atoms with van der Waals surface area (Å²) in [6.45, 7) is 2.13. The lowest BCUT2D eigenvalue weighted by Gasteiger charge is -2.09. The maximum Gasteiger partial charge on any atom is 0.0406 e. The second-order valence-electron chi connectivity index (χ2n) is 2.95. The molecule has 0 aromatic heterocycles. The molecule has 3 heteroatoms. The van der Waals surface area contributed by atoms with Crippen LogP contribution in [-0.2, 0) is 0 Å². The van der Waals surface area contributed by atoms with E-state index in [-0.39, 0.29) is 18.4 Å². The molecule has 0 aliphatic rings. The van der Waals surface area contributed by atoms with E-state index in [9.17, 15) is 0 Å². The van der Waals surface area contributed by atoms with Crippen molar-refractivity contribution in [2.24, 2.45) is 5.73 Å². The SMILES string of the molecule is CCCC(N)c1ccc(Cl)cc1.Cl. The third-order valence-electron chi connectivity index (χ3n) is 1.90. The molecule has 0 heterocycles. The Morgan fingerprint density at radius 3 is 2.31 bits per heavy atom. The van der Waals surface area contributed by atoms with E-state index in [2.05, 4.69) is 6.92 Å². The van der Waals surface area contributed by atoms with Gasteiger partial charge in [0, 0.05) is 11.1 Å². The smallest absolute Gasteiger partial charge is 0.0406 e. The van der Waals surface area contributed by atoms with Crippen molar-refractivity contribution >= 4 is 24.0 Å². The normalized spacial score (nSPS) is 11.9. The van der Waals surface area contributed by atoms with E-state index in [4.69, 9.17) is 17.3 Å². The van der Waals surface area contributed by atoms with Crippen LogP contribution in [0.5, 0.6) is 0 Å². The molecule has 1 unspecified atom stereocenters. The molecule has 0 aliphatic heterocycles. The molecular weight excluding hydrogens is 205 g/mol. The molecule has 0 bridgehead atoms. The Bertz CT molecular complexity index is 233. The Morgan fingerprint density at radius 2 is 1.85 bits per heavy atom. The Labute approximate surface area is 90.7 Å². The van der Waals surface area contributed by atoms with Gasteiger partial charge in [-0.2, -0.15) is 0 Å². The lowest BCUT2D eigenvalue weighted by Crippen LogP contribution is -2.09. The Morgan fingerprint density at radius 1 is 1.31 bits per heavy atom. The third-order valence-corrected chi connectivity index (χ3v) is 2.15. The molecule has 2 N–H and O–H groups in total. The molecule has 1 aromatic rings. The largest absolute Gasteiger partial charge is 0.324 e. The number of nitrogens with two attached hydrogens (primary N) is 1. The first-order valence-corrected chi connectivity index (χ1v) is 4.63. The van der Waals surface area contributed by atoms with Crippen LogP contribution in [-0.4, -0.2) is 0 Å². The maximum absolute atomic E-state index is 5.91. The fourth-order valence-corrected chi connectivity index (χ4v) is 1.31. The summed E-state index contributed by atoms with van der Waals surface area (Å²) in [6, 6.07) is 7.90. The van der Waals surface area contributed by atoms with Gasteiger partial charge in [-0.05, 0) is 24.1 Å². The highest BCUT2D eigenvalue weighted by Crippen LogP contribution is 2.17. The molecule has 13 heavy (non-hydrogen) atoms. The summed E-state index contributed by atoms with van der Waals surface area (Å²) < 4.78 is 0. The molecule has 74 valence electrons. The molecule has 0 saturated carbocycles. The minimum absolute atomic E-state index is 0. The van der Waals surface area contributed by atoms with E-state index in [0.29, 0.717) is 0 Å². The molecule has 0 aliphatic carbocycles. The average molecular weight is 220 g/mol. The number of hydrogen-bond donors (Lipinski definition) is 1. The zero-order valence-electron chi connectivity index (χ0n) is 7.66. The molecule has 0 fully saturated rings. The van der Waals surface area contributed by atoms with E-state index in [1.807, 2.05) is 24.3 Å². The zero-order valence-corrected chi connectivity index (χ0v) is 9.24. The third kappa shape index (κ3) is 3.99. The molecule has 0 radical (unpaired) electrons. The average Bonchev–Trinajstić information content (AvgIpc) is 2.06. The number of benzene rings is 1. The highest BCUT2D eigenvalue weighted by Gasteiger charge is 2.02. The number of halogens is 2. The van der Waals surface area contributed by atoms with Crippen LogP contribution in [0.1, 0.15) is 31.4 Å². The quantitative estimate of drug-likeness (QED) is 0.827. The van der Waals surface area contributed by atoms with Gasteiger partial charge < -0.3 is 5.73 Å². The summed E-state index contributed by atoms with van der Waals surface area (Å²) in [5.41, 5.74) is 7.08. The lowest BCUT2D eigenvalue weighted by atomic mass is 10.0. The van der Waals surface area contributed by atoms with Crippen molar-refractivity contribution in [1.29, 1.82) is 0 Å². The van der Waals surface area contributed by atoms with Crippen molar-refractivity contribution in [1.82, 2.24) is 0 Å². The van der Waals surface area contributed by atoms with Crippen molar-refractivity contribution in [2.45, 2.75) is 25.8 Å². The van der Waals surface area contributed by atoms with E-state index in [1.54, 1.807) is 0 Å². The van der Waals surface area contributed by atoms with Gasteiger partial charge >= 0.3 is 0 Å². The maximum atomic E-state index is 5.91. The molecule has 1 atom stereocenters. The summed E-state index contributed by atoms with van der Waals surface area (Å²) in [6.07, 6.45) is 2.14. The number of hydrogen-bond acceptors (Lipinski definition) is 1. The van der Waals surface area contributed by atoms with Crippen LogP contribution in [0.3, 0.4) is 0 Å². The molecule has 1 aromatic carbocycles. The lowest BCUT2D eigenvalue weighted by molar-refractivity contribution is 0.638. The number of rotatable bonds is 3. The summed E-state index contributed by atoms with van der Waals surface area (Å²) >= 11 is 5.75. The highest BCUT2D eigenvalue weighted by molar-refractivity contribution is 6.30. The Hall–Kier alpha value is -0.240. The van der Waals surface area contributed by atoms with Gasteiger partial charge in [0.2, 0.25) is 0 Å². The summed E-state index contributed by atoms with van der Waals surface area (Å²) in [5, 5.41) is 0.766. The molecule has 0 saturated heterocycles. The highest BCUT2D eigenvalue weighted by atomic mass is 35.5. The topological polar surface area (TPSA) is 26.0 Å². The van der Waals surface area contributed by atoms with Gasteiger partial charge in [0.1, 0.15) is 0 Å². The van der Waals surface area contributed by atoms with Crippen LogP contribution in [0.4, 0.5) is 0 Å². The first-order valence-electron chi connectivity index (χ1n) is 4.25. The van der Waals surface area contributed by atoms with Crippen molar-refractivity contribution in [3.63, 3.8) is 0 Å². The van der Waals surface area contributed by atoms with Crippen LogP contribution < -0.4 is 5.73 Å². The molecular formula is C10H15Cl2N. The first kappa shape index (κ1) is 12.8. The second kappa shape index (κ2) is 6.25. The standard InChI is InChI=1S/C10H14ClN.ClH/c1-2-3-10(12)8-4-6-9(11)7-5-8;/h4-7,10H,2-3,12H2,1H3;1H. The van der Waals surface area contributed by atoms with Crippen LogP contribution in [0.15, 0.2) is 24.3 Å². The van der Waals surface area contributed by atoms with Gasteiger partial charge in [0.25, 0.3) is 0 Å². The van der Waals surface area contributed by atoms with Gasteiger partial charge in [-0.15, -0.1) is 12.4 Å². The molecule has 1 nitrogen and oxygen atoms in total. The van der Waals surface area contributed by atoms with E-state index in [0.717, 1.165) is 17.9 Å². The zero-order chi connectivity index (χ0) is 8.97. The van der Waals surface area contributed by atoms with Crippen molar-refractivity contribution in [3.05, 3.63) is 34.9 Å². The minimum atomic E-state index is 0. The first-order chi connectivity index (χ1) is 5.74. The van der Waals surface area contributed by atoms with Crippen molar-refractivity contribution in [3.8, 4) is 0 Å². The second-order valence-corrected chi connectivity index (χ2v) is 3.38. The van der Waals surface area contributed by atoms with Gasteiger partial charge in [0.05, 0.1) is 0 Å². The van der Waals surface area contributed by atoms with E-state index in [1.165, 1.54) is 5.56 Å². The monoisotopic (exact) mass is 219 g/mol. The minimum Gasteiger partial charge on any atom is -0.324 e. The molecule has 0 amide bonds. The Kier molecular flexibility index (Phi) is 6.13. The van der Waals surface area contributed by atoms with E-state index < -0.39 is 0 Å². The summed E-state index contributed by atoms with van der Waals surface area (Å²) in [5.74, 6) is 0. The van der Waals surface area contributed by atoms with Crippen molar-refractivity contribution in [2.75, 3.05) is 0 Å². The van der Waals surface area contributed by atoms with Crippen LogP contribution in [0.2, 0.25) is 5.02 Å². The van der Waals surface area contributed by atoms with Gasteiger partial charge in [-0.3, -0.25) is 0 Å². The van der Waals surface area contributed by atoms with Gasteiger partial charge in [-0.25, -0.2) is 0 Å². The summed E-state index contributed by atoms with van der Waals surface area (Å²) in [7, 11) is 0. The van der Waals surface area contributed by atoms with Crippen LogP contribution in [0.25, 0.3) is 0 Å². The summed E-state index contributed by atoms with van der Waals surface area (Å²) in [4.78, 5) is 0. The van der Waals surface area contributed by atoms with Gasteiger partial charge in [0.15, 0.2) is 0 Å².